The van der Waals surface area contributed by atoms with Crippen LogP contribution in [-0.4, -0.2) is 0 Å². The number of benzene rings is 2. The van der Waals surface area contributed by atoms with Crippen molar-refractivity contribution in [3.8, 4) is 11.5 Å². The Labute approximate surface area is 105 Å². The van der Waals surface area contributed by atoms with Gasteiger partial charge in [-0.3, -0.25) is 0 Å². The smallest absolute Gasteiger partial charge is 0.165 e. The fourth-order valence-corrected chi connectivity index (χ4v) is 2.51. The summed E-state index contributed by atoms with van der Waals surface area (Å²) in [6.07, 6.45) is 6.03. The Morgan fingerprint density at radius 3 is 2.50 bits per heavy atom. The Kier molecular flexibility index (Phi) is 1.97. The van der Waals surface area contributed by atoms with E-state index in [1.54, 1.807) is 0 Å². The summed E-state index contributed by atoms with van der Waals surface area (Å²) in [6, 6.07) is 12.2. The summed E-state index contributed by atoms with van der Waals surface area (Å²) < 4.78 is 12.0. The zero-order chi connectivity index (χ0) is 11.9. The molecule has 2 heteroatoms. The molecule has 88 valence electrons. The van der Waals surface area contributed by atoms with E-state index in [2.05, 4.69) is 18.2 Å². The van der Waals surface area contributed by atoms with Crippen LogP contribution in [-0.2, 0) is 0 Å². The van der Waals surface area contributed by atoms with Crippen LogP contribution in [0.3, 0.4) is 0 Å². The molecule has 0 atom stereocenters. The summed E-state index contributed by atoms with van der Waals surface area (Å²) in [5.74, 6) is 3.54. The minimum Gasteiger partial charge on any atom is -0.457 e. The molecule has 1 aliphatic heterocycles. The van der Waals surface area contributed by atoms with Crippen LogP contribution in [0, 0.1) is 0 Å². The quantitative estimate of drug-likeness (QED) is 0.683. The number of hydrogen-bond acceptors (Lipinski definition) is 2. The van der Waals surface area contributed by atoms with Gasteiger partial charge in [0.1, 0.15) is 17.3 Å². The van der Waals surface area contributed by atoms with E-state index in [0.717, 1.165) is 46.6 Å². The highest BCUT2D eigenvalue weighted by Gasteiger charge is 2.20. The Morgan fingerprint density at radius 2 is 1.67 bits per heavy atom. The van der Waals surface area contributed by atoms with E-state index in [4.69, 9.17) is 9.47 Å². The zero-order valence-electron chi connectivity index (χ0n) is 9.85. The summed E-state index contributed by atoms with van der Waals surface area (Å²) in [7, 11) is 0. The van der Waals surface area contributed by atoms with Gasteiger partial charge in [0.2, 0.25) is 0 Å². The first-order valence-corrected chi connectivity index (χ1v) is 6.19. The molecule has 2 nitrogen and oxygen atoms in total. The van der Waals surface area contributed by atoms with Crippen LogP contribution in [0.2, 0.25) is 0 Å². The summed E-state index contributed by atoms with van der Waals surface area (Å²) >= 11 is 0. The first kappa shape index (κ1) is 9.77. The zero-order valence-corrected chi connectivity index (χ0v) is 9.85. The van der Waals surface area contributed by atoms with Crippen molar-refractivity contribution in [1.82, 2.24) is 0 Å². The molecule has 4 rings (SSSR count). The standard InChI is InChI=1S/C16H12O2/c1-2-8-13-12(7-1)17-14-9-3-5-11-6-4-10-15(18-13)16(11)14/h1,3-7,9-10H,2,8H2. The topological polar surface area (TPSA) is 18.5 Å². The van der Waals surface area contributed by atoms with Crippen molar-refractivity contribution >= 4 is 10.8 Å². The highest BCUT2D eigenvalue weighted by molar-refractivity contribution is 5.94. The van der Waals surface area contributed by atoms with Gasteiger partial charge in [0.15, 0.2) is 5.76 Å². The average Bonchev–Trinajstić information content (AvgIpc) is 2.57. The second-order valence-electron chi connectivity index (χ2n) is 4.54. The van der Waals surface area contributed by atoms with Gasteiger partial charge in [-0.15, -0.1) is 0 Å². The maximum Gasteiger partial charge on any atom is 0.165 e. The summed E-state index contributed by atoms with van der Waals surface area (Å²) in [5, 5.41) is 2.21. The molecule has 1 heterocycles. The summed E-state index contributed by atoms with van der Waals surface area (Å²) in [6.45, 7) is 0. The van der Waals surface area contributed by atoms with Crippen LogP contribution in [0.5, 0.6) is 11.5 Å². The maximum atomic E-state index is 6.04. The SMILES string of the molecule is C1=CC2=C(CC1)Oc1cccc3cccc(c13)O2. The van der Waals surface area contributed by atoms with Crippen molar-refractivity contribution in [2.24, 2.45) is 0 Å². The van der Waals surface area contributed by atoms with Crippen molar-refractivity contribution in [1.29, 1.82) is 0 Å². The van der Waals surface area contributed by atoms with E-state index in [0.29, 0.717) is 0 Å². The van der Waals surface area contributed by atoms with E-state index in [1.165, 1.54) is 0 Å². The van der Waals surface area contributed by atoms with E-state index in [-0.39, 0.29) is 0 Å². The lowest BCUT2D eigenvalue weighted by molar-refractivity contribution is 0.356. The van der Waals surface area contributed by atoms with Crippen molar-refractivity contribution in [2.75, 3.05) is 0 Å². The summed E-state index contributed by atoms with van der Waals surface area (Å²) in [4.78, 5) is 0. The molecule has 0 aromatic heterocycles. The van der Waals surface area contributed by atoms with Gasteiger partial charge in [0.25, 0.3) is 0 Å². The van der Waals surface area contributed by atoms with Gasteiger partial charge >= 0.3 is 0 Å². The largest absolute Gasteiger partial charge is 0.457 e. The molecule has 1 aliphatic carbocycles. The lowest BCUT2D eigenvalue weighted by Crippen LogP contribution is -2.04. The average molecular weight is 236 g/mol. The number of ether oxygens (including phenoxy) is 2. The van der Waals surface area contributed by atoms with Crippen LogP contribution in [0.15, 0.2) is 60.1 Å². The van der Waals surface area contributed by atoms with Crippen LogP contribution in [0.25, 0.3) is 10.8 Å². The molecule has 0 amide bonds. The monoisotopic (exact) mass is 236 g/mol. The molecule has 2 aromatic carbocycles. The Bertz CT molecular complexity index is 690. The van der Waals surface area contributed by atoms with Gasteiger partial charge in [-0.1, -0.05) is 30.3 Å². The molecular formula is C16H12O2. The van der Waals surface area contributed by atoms with Crippen molar-refractivity contribution in [2.45, 2.75) is 12.8 Å². The van der Waals surface area contributed by atoms with Gasteiger partial charge in [-0.2, -0.15) is 0 Å². The molecule has 0 radical (unpaired) electrons. The van der Waals surface area contributed by atoms with Crippen LogP contribution < -0.4 is 9.47 Å². The molecule has 0 N–H and O–H groups in total. The highest BCUT2D eigenvalue weighted by Crippen LogP contribution is 2.40. The number of rotatable bonds is 0. The van der Waals surface area contributed by atoms with E-state index in [9.17, 15) is 0 Å². The third-order valence-electron chi connectivity index (χ3n) is 3.36. The van der Waals surface area contributed by atoms with Gasteiger partial charge in [-0.25, -0.2) is 0 Å². The van der Waals surface area contributed by atoms with Crippen molar-refractivity contribution < 1.29 is 9.47 Å². The van der Waals surface area contributed by atoms with Gasteiger partial charge in [-0.05, 0) is 30.0 Å². The first-order chi connectivity index (χ1) is 8.92. The fourth-order valence-electron chi connectivity index (χ4n) is 2.51. The predicted octanol–water partition coefficient (Wildman–Crippen LogP) is 4.17. The second-order valence-corrected chi connectivity index (χ2v) is 4.54. The predicted molar refractivity (Wildman–Crippen MR) is 70.6 cm³/mol. The minimum absolute atomic E-state index is 0.838. The minimum atomic E-state index is 0.838. The van der Waals surface area contributed by atoms with E-state index < -0.39 is 0 Å². The molecule has 0 spiro atoms. The third-order valence-corrected chi connectivity index (χ3v) is 3.36. The van der Waals surface area contributed by atoms with Crippen molar-refractivity contribution in [3.63, 3.8) is 0 Å². The number of allylic oxidation sites excluding steroid dienone is 3. The molecular weight excluding hydrogens is 224 g/mol. The molecule has 0 saturated heterocycles. The lowest BCUT2D eigenvalue weighted by Gasteiger charge is -2.13. The van der Waals surface area contributed by atoms with Gasteiger partial charge < -0.3 is 9.47 Å². The van der Waals surface area contributed by atoms with Crippen LogP contribution in [0.1, 0.15) is 12.8 Å². The van der Waals surface area contributed by atoms with E-state index >= 15 is 0 Å². The van der Waals surface area contributed by atoms with Crippen molar-refractivity contribution in [3.05, 3.63) is 60.1 Å². The fraction of sp³-hybridized carbons (Fsp3) is 0.125. The first-order valence-electron chi connectivity index (χ1n) is 6.19. The van der Waals surface area contributed by atoms with E-state index in [1.807, 2.05) is 30.3 Å². The Morgan fingerprint density at radius 1 is 0.889 bits per heavy atom. The Balaban J connectivity index is 2.01. The Hall–Kier alpha value is -2.22. The molecule has 0 fully saturated rings. The molecule has 0 unspecified atom stereocenters. The molecule has 2 aromatic rings. The summed E-state index contributed by atoms with van der Waals surface area (Å²) in [5.41, 5.74) is 0. The van der Waals surface area contributed by atoms with Crippen LogP contribution >= 0.6 is 0 Å². The highest BCUT2D eigenvalue weighted by atomic mass is 16.5. The maximum absolute atomic E-state index is 6.04. The lowest BCUT2D eigenvalue weighted by atomic mass is 10.1. The van der Waals surface area contributed by atoms with Gasteiger partial charge in [0, 0.05) is 6.42 Å². The van der Waals surface area contributed by atoms with Crippen LogP contribution in [0.4, 0.5) is 0 Å². The van der Waals surface area contributed by atoms with Gasteiger partial charge in [0.05, 0.1) is 5.39 Å². The molecule has 18 heavy (non-hydrogen) atoms. The normalized spacial score (nSPS) is 16.9. The third kappa shape index (κ3) is 1.35. The molecule has 2 aliphatic rings. The molecule has 0 saturated carbocycles. The number of hydrogen-bond donors (Lipinski definition) is 0. The second kappa shape index (κ2) is 3.64. The molecule has 0 bridgehead atoms.